The summed E-state index contributed by atoms with van der Waals surface area (Å²) >= 11 is 0. The Morgan fingerprint density at radius 3 is 2.08 bits per heavy atom. The van der Waals surface area contributed by atoms with Crippen LogP contribution in [0.2, 0.25) is 0 Å². The molecular weight excluding hydrogens is 150 g/mol. The van der Waals surface area contributed by atoms with Crippen LogP contribution in [0, 0.1) is 5.92 Å². The topological polar surface area (TPSA) is 21.3 Å². The summed E-state index contributed by atoms with van der Waals surface area (Å²) in [6, 6.07) is 0.584. The number of ether oxygens (including phenoxy) is 1. The van der Waals surface area contributed by atoms with Gasteiger partial charge in [0.15, 0.2) is 0 Å². The highest BCUT2D eigenvalue weighted by Gasteiger charge is 2.04. The third-order valence-corrected chi connectivity index (χ3v) is 2.02. The molecule has 0 heterocycles. The molecule has 0 aliphatic carbocycles. The van der Waals surface area contributed by atoms with Crippen molar-refractivity contribution < 1.29 is 4.74 Å². The van der Waals surface area contributed by atoms with Crippen molar-refractivity contribution in [3.05, 3.63) is 0 Å². The normalized spacial score (nSPS) is 14.2. The molecule has 0 radical (unpaired) electrons. The Morgan fingerprint density at radius 2 is 1.67 bits per heavy atom. The summed E-state index contributed by atoms with van der Waals surface area (Å²) in [5.41, 5.74) is 0. The fourth-order valence-corrected chi connectivity index (χ4v) is 0.817. The van der Waals surface area contributed by atoms with Crippen LogP contribution in [0.4, 0.5) is 0 Å². The highest BCUT2D eigenvalue weighted by atomic mass is 16.5. The van der Waals surface area contributed by atoms with E-state index in [0.29, 0.717) is 18.1 Å². The van der Waals surface area contributed by atoms with Crippen LogP contribution in [0.5, 0.6) is 0 Å². The summed E-state index contributed by atoms with van der Waals surface area (Å²) in [6.07, 6.45) is 0.348. The second-order valence-electron chi connectivity index (χ2n) is 3.91. The van der Waals surface area contributed by atoms with E-state index in [1.54, 1.807) is 0 Å². The molecule has 2 heteroatoms. The smallest absolute Gasteiger partial charge is 0.0594 e. The zero-order chi connectivity index (χ0) is 9.56. The molecule has 1 unspecified atom stereocenters. The minimum Gasteiger partial charge on any atom is -0.377 e. The van der Waals surface area contributed by atoms with Crippen molar-refractivity contribution in [2.75, 3.05) is 13.2 Å². The molecule has 0 spiro atoms. The number of hydrogen-bond donors (Lipinski definition) is 1. The van der Waals surface area contributed by atoms with E-state index in [4.69, 9.17) is 4.74 Å². The lowest BCUT2D eigenvalue weighted by Crippen LogP contribution is -2.33. The van der Waals surface area contributed by atoms with Gasteiger partial charge < -0.3 is 10.1 Å². The van der Waals surface area contributed by atoms with Crippen molar-refractivity contribution in [2.45, 2.75) is 46.8 Å². The van der Waals surface area contributed by atoms with Crippen LogP contribution in [0.1, 0.15) is 34.6 Å². The third kappa shape index (κ3) is 6.62. The van der Waals surface area contributed by atoms with Gasteiger partial charge in [0.05, 0.1) is 12.7 Å². The van der Waals surface area contributed by atoms with Gasteiger partial charge in [0, 0.05) is 12.6 Å². The summed E-state index contributed by atoms with van der Waals surface area (Å²) in [6.45, 7) is 12.5. The first-order valence-electron chi connectivity index (χ1n) is 4.89. The average Bonchev–Trinajstić information content (AvgIpc) is 1.97. The van der Waals surface area contributed by atoms with Crippen LogP contribution in [0.15, 0.2) is 0 Å². The molecule has 0 rings (SSSR count). The predicted molar refractivity (Wildman–Crippen MR) is 53.4 cm³/mol. The summed E-state index contributed by atoms with van der Waals surface area (Å²) in [5.74, 6) is 0.698. The summed E-state index contributed by atoms with van der Waals surface area (Å²) in [4.78, 5) is 0. The van der Waals surface area contributed by atoms with Crippen LogP contribution in [0.3, 0.4) is 0 Å². The first-order valence-corrected chi connectivity index (χ1v) is 4.89. The molecule has 0 aliphatic rings. The Labute approximate surface area is 76.7 Å². The van der Waals surface area contributed by atoms with Gasteiger partial charge in [-0.2, -0.15) is 0 Å². The highest BCUT2D eigenvalue weighted by Crippen LogP contribution is 1.98. The Balaban J connectivity index is 3.20. The van der Waals surface area contributed by atoms with Gasteiger partial charge >= 0.3 is 0 Å². The van der Waals surface area contributed by atoms with Gasteiger partial charge in [-0.15, -0.1) is 0 Å². The molecule has 1 N–H and O–H groups in total. The van der Waals surface area contributed by atoms with Crippen molar-refractivity contribution in [2.24, 2.45) is 5.92 Å². The lowest BCUT2D eigenvalue weighted by atomic mass is 10.1. The number of hydrogen-bond acceptors (Lipinski definition) is 2. The average molecular weight is 173 g/mol. The van der Waals surface area contributed by atoms with Gasteiger partial charge in [-0.05, 0) is 26.7 Å². The SMILES string of the molecule is CC(C)OCCNC(C)C(C)C. The van der Waals surface area contributed by atoms with Crippen molar-refractivity contribution in [3.8, 4) is 0 Å². The van der Waals surface area contributed by atoms with E-state index < -0.39 is 0 Å². The fourth-order valence-electron chi connectivity index (χ4n) is 0.817. The van der Waals surface area contributed by atoms with E-state index in [0.717, 1.165) is 13.2 Å². The van der Waals surface area contributed by atoms with Crippen molar-refractivity contribution in [1.82, 2.24) is 5.32 Å². The second kappa shape index (κ2) is 6.44. The molecule has 0 saturated heterocycles. The van der Waals surface area contributed by atoms with Crippen molar-refractivity contribution in [3.63, 3.8) is 0 Å². The first kappa shape index (κ1) is 11.9. The van der Waals surface area contributed by atoms with Gasteiger partial charge in [0.2, 0.25) is 0 Å². The Kier molecular flexibility index (Phi) is 6.39. The summed E-state index contributed by atoms with van der Waals surface area (Å²) in [5, 5.41) is 3.41. The Hall–Kier alpha value is -0.0800. The zero-order valence-electron chi connectivity index (χ0n) is 9.05. The molecule has 0 fully saturated rings. The number of nitrogens with one attached hydrogen (secondary N) is 1. The van der Waals surface area contributed by atoms with Crippen LogP contribution >= 0.6 is 0 Å². The maximum atomic E-state index is 5.41. The fraction of sp³-hybridized carbons (Fsp3) is 1.00. The quantitative estimate of drug-likeness (QED) is 0.621. The third-order valence-electron chi connectivity index (χ3n) is 2.02. The minimum atomic E-state index is 0.348. The maximum Gasteiger partial charge on any atom is 0.0594 e. The van der Waals surface area contributed by atoms with Crippen LogP contribution in [-0.2, 0) is 4.74 Å². The van der Waals surface area contributed by atoms with E-state index in [9.17, 15) is 0 Å². The molecule has 0 bridgehead atoms. The molecule has 1 atom stereocenters. The molecule has 2 nitrogen and oxygen atoms in total. The monoisotopic (exact) mass is 173 g/mol. The largest absolute Gasteiger partial charge is 0.377 e. The molecule has 0 aromatic carbocycles. The molecule has 0 aromatic rings. The lowest BCUT2D eigenvalue weighted by molar-refractivity contribution is 0.0788. The Morgan fingerprint density at radius 1 is 1.08 bits per heavy atom. The van der Waals surface area contributed by atoms with E-state index in [2.05, 4.69) is 39.9 Å². The van der Waals surface area contributed by atoms with Gasteiger partial charge in [-0.3, -0.25) is 0 Å². The zero-order valence-corrected chi connectivity index (χ0v) is 9.05. The Bertz CT molecular complexity index is 102. The molecule has 0 amide bonds. The first-order chi connectivity index (χ1) is 5.54. The van der Waals surface area contributed by atoms with E-state index in [1.807, 2.05) is 0 Å². The van der Waals surface area contributed by atoms with Gasteiger partial charge in [0.25, 0.3) is 0 Å². The maximum absolute atomic E-state index is 5.41. The summed E-state index contributed by atoms with van der Waals surface area (Å²) in [7, 11) is 0. The minimum absolute atomic E-state index is 0.348. The standard InChI is InChI=1S/C10H23NO/c1-8(2)10(5)11-6-7-12-9(3)4/h8-11H,6-7H2,1-5H3. The van der Waals surface area contributed by atoms with Crippen LogP contribution in [0.25, 0.3) is 0 Å². The number of rotatable bonds is 6. The summed E-state index contributed by atoms with van der Waals surface area (Å²) < 4.78 is 5.41. The molecule has 0 aliphatic heterocycles. The molecule has 12 heavy (non-hydrogen) atoms. The van der Waals surface area contributed by atoms with Crippen molar-refractivity contribution >= 4 is 0 Å². The molecule has 0 aromatic heterocycles. The molecular formula is C10H23NO. The van der Waals surface area contributed by atoms with Gasteiger partial charge in [-0.1, -0.05) is 13.8 Å². The second-order valence-corrected chi connectivity index (χ2v) is 3.91. The van der Waals surface area contributed by atoms with Crippen molar-refractivity contribution in [1.29, 1.82) is 0 Å². The lowest BCUT2D eigenvalue weighted by Gasteiger charge is -2.17. The van der Waals surface area contributed by atoms with Crippen LogP contribution in [-0.4, -0.2) is 25.3 Å². The van der Waals surface area contributed by atoms with E-state index >= 15 is 0 Å². The predicted octanol–water partition coefficient (Wildman–Crippen LogP) is 2.05. The molecule has 74 valence electrons. The van der Waals surface area contributed by atoms with Gasteiger partial charge in [0.1, 0.15) is 0 Å². The molecule has 0 saturated carbocycles. The van der Waals surface area contributed by atoms with Gasteiger partial charge in [-0.25, -0.2) is 0 Å². The van der Waals surface area contributed by atoms with E-state index in [1.165, 1.54) is 0 Å². The highest BCUT2D eigenvalue weighted by molar-refractivity contribution is 4.63. The van der Waals surface area contributed by atoms with E-state index in [-0.39, 0.29) is 0 Å². The van der Waals surface area contributed by atoms with Crippen LogP contribution < -0.4 is 5.32 Å².